The van der Waals surface area contributed by atoms with Crippen LogP contribution in [-0.2, 0) is 9.63 Å². The van der Waals surface area contributed by atoms with E-state index in [4.69, 9.17) is 4.84 Å². The third-order valence-corrected chi connectivity index (χ3v) is 4.43. The largest absolute Gasteiger partial charge is 0.375 e. The summed E-state index contributed by atoms with van der Waals surface area (Å²) in [6.07, 6.45) is 14.7. The van der Waals surface area contributed by atoms with Gasteiger partial charge in [0.25, 0.3) is 0 Å². The Kier molecular flexibility index (Phi) is 16.4. The van der Waals surface area contributed by atoms with Crippen LogP contribution >= 0.6 is 0 Å². The number of rotatable bonds is 17. The SMILES string of the molecule is CCCCCCCCCCCCCCCC(=O)ON(C(C)O)C(C)O. The van der Waals surface area contributed by atoms with Crippen molar-refractivity contribution in [3.8, 4) is 0 Å². The van der Waals surface area contributed by atoms with E-state index in [0.717, 1.165) is 24.3 Å². The van der Waals surface area contributed by atoms with Crippen molar-refractivity contribution in [3.63, 3.8) is 0 Å². The van der Waals surface area contributed by atoms with Crippen LogP contribution in [0.1, 0.15) is 111 Å². The summed E-state index contributed by atoms with van der Waals surface area (Å²) >= 11 is 0. The van der Waals surface area contributed by atoms with Gasteiger partial charge in [-0.2, -0.15) is 0 Å². The molecule has 0 aliphatic carbocycles. The Morgan fingerprint density at radius 3 is 1.48 bits per heavy atom. The van der Waals surface area contributed by atoms with Crippen LogP contribution in [0.15, 0.2) is 0 Å². The normalized spacial score (nSPS) is 13.8. The lowest BCUT2D eigenvalue weighted by atomic mass is 10.0. The first-order valence-corrected chi connectivity index (χ1v) is 10.3. The minimum absolute atomic E-state index is 0.327. The predicted molar refractivity (Wildman–Crippen MR) is 102 cm³/mol. The van der Waals surface area contributed by atoms with Gasteiger partial charge in [0.15, 0.2) is 0 Å². The molecule has 0 bridgehead atoms. The zero-order valence-electron chi connectivity index (χ0n) is 16.7. The average Bonchev–Trinajstić information content (AvgIpc) is 2.56. The minimum atomic E-state index is -1.02. The molecule has 0 aliphatic rings. The Labute approximate surface area is 154 Å². The number of hydrogen-bond donors (Lipinski definition) is 2. The summed E-state index contributed by atoms with van der Waals surface area (Å²) in [4.78, 5) is 16.7. The van der Waals surface area contributed by atoms with E-state index < -0.39 is 18.4 Å². The number of unbranched alkanes of at least 4 members (excludes halogenated alkanes) is 12. The van der Waals surface area contributed by atoms with Gasteiger partial charge in [0.1, 0.15) is 12.5 Å². The number of aliphatic hydroxyl groups excluding tert-OH is 2. The van der Waals surface area contributed by atoms with Crippen LogP contribution in [0.5, 0.6) is 0 Å². The second kappa shape index (κ2) is 16.8. The molecule has 0 aromatic carbocycles. The molecule has 0 aromatic heterocycles. The molecular formula is C20H41NO4. The van der Waals surface area contributed by atoms with E-state index in [2.05, 4.69) is 6.92 Å². The molecule has 0 aliphatic heterocycles. The Morgan fingerprint density at radius 1 is 0.760 bits per heavy atom. The van der Waals surface area contributed by atoms with Crippen molar-refractivity contribution >= 4 is 5.97 Å². The molecule has 5 heteroatoms. The molecule has 2 unspecified atom stereocenters. The van der Waals surface area contributed by atoms with Gasteiger partial charge in [0, 0.05) is 6.42 Å². The van der Waals surface area contributed by atoms with Crippen molar-refractivity contribution < 1.29 is 19.8 Å². The van der Waals surface area contributed by atoms with Crippen LogP contribution in [0.2, 0.25) is 0 Å². The van der Waals surface area contributed by atoms with E-state index in [9.17, 15) is 15.0 Å². The molecule has 2 atom stereocenters. The molecule has 0 spiro atoms. The summed E-state index contributed by atoms with van der Waals surface area (Å²) in [5.41, 5.74) is 0. The first-order chi connectivity index (χ1) is 12.0. The summed E-state index contributed by atoms with van der Waals surface area (Å²) in [6.45, 7) is 5.15. The fraction of sp³-hybridized carbons (Fsp3) is 0.950. The second-order valence-electron chi connectivity index (χ2n) is 7.08. The maximum atomic E-state index is 11.7. The molecule has 0 fully saturated rings. The molecule has 25 heavy (non-hydrogen) atoms. The fourth-order valence-corrected chi connectivity index (χ4v) is 2.92. The van der Waals surface area contributed by atoms with Gasteiger partial charge < -0.3 is 15.1 Å². The number of carbonyl (C=O) groups excluding carboxylic acids is 1. The highest BCUT2D eigenvalue weighted by molar-refractivity contribution is 5.68. The maximum Gasteiger partial charge on any atom is 0.325 e. The minimum Gasteiger partial charge on any atom is -0.375 e. The zero-order valence-corrected chi connectivity index (χ0v) is 16.7. The van der Waals surface area contributed by atoms with Gasteiger partial charge in [-0.3, -0.25) is 4.79 Å². The quantitative estimate of drug-likeness (QED) is 0.219. The fourth-order valence-electron chi connectivity index (χ4n) is 2.92. The van der Waals surface area contributed by atoms with Crippen LogP contribution in [0.3, 0.4) is 0 Å². The van der Waals surface area contributed by atoms with Gasteiger partial charge in [0.2, 0.25) is 0 Å². The maximum absolute atomic E-state index is 11.7. The highest BCUT2D eigenvalue weighted by Gasteiger charge is 2.20. The lowest BCUT2D eigenvalue weighted by Crippen LogP contribution is -2.41. The van der Waals surface area contributed by atoms with E-state index in [1.54, 1.807) is 0 Å². The number of carbonyl (C=O) groups is 1. The number of nitrogens with zero attached hydrogens (tertiary/aromatic N) is 1. The Hall–Kier alpha value is -0.650. The van der Waals surface area contributed by atoms with Crippen molar-refractivity contribution in [1.29, 1.82) is 0 Å². The van der Waals surface area contributed by atoms with Gasteiger partial charge >= 0.3 is 5.97 Å². The predicted octanol–water partition coefficient (Wildman–Crippen LogP) is 4.90. The van der Waals surface area contributed by atoms with Crippen molar-refractivity contribution in [2.45, 2.75) is 123 Å². The van der Waals surface area contributed by atoms with E-state index in [1.807, 2.05) is 0 Å². The highest BCUT2D eigenvalue weighted by atomic mass is 16.7. The van der Waals surface area contributed by atoms with Crippen LogP contribution in [0.4, 0.5) is 0 Å². The zero-order chi connectivity index (χ0) is 18.9. The van der Waals surface area contributed by atoms with Gasteiger partial charge in [-0.05, 0) is 20.3 Å². The van der Waals surface area contributed by atoms with Crippen molar-refractivity contribution in [1.82, 2.24) is 5.06 Å². The smallest absolute Gasteiger partial charge is 0.325 e. The van der Waals surface area contributed by atoms with E-state index in [0.29, 0.717) is 6.42 Å². The monoisotopic (exact) mass is 359 g/mol. The molecule has 0 radical (unpaired) electrons. The van der Waals surface area contributed by atoms with Gasteiger partial charge in [-0.25, -0.2) is 0 Å². The summed E-state index contributed by atoms with van der Waals surface area (Å²) in [7, 11) is 0. The average molecular weight is 360 g/mol. The lowest BCUT2D eigenvalue weighted by molar-refractivity contribution is -0.276. The van der Waals surface area contributed by atoms with Gasteiger partial charge in [-0.1, -0.05) is 89.0 Å². The number of hydrogen-bond acceptors (Lipinski definition) is 5. The van der Waals surface area contributed by atoms with E-state index >= 15 is 0 Å². The van der Waals surface area contributed by atoms with Crippen LogP contribution in [-0.4, -0.2) is 33.7 Å². The molecule has 5 nitrogen and oxygen atoms in total. The van der Waals surface area contributed by atoms with Crippen molar-refractivity contribution in [2.75, 3.05) is 0 Å². The Bertz CT molecular complexity index is 300. The molecule has 0 aromatic rings. The third-order valence-electron chi connectivity index (χ3n) is 4.43. The summed E-state index contributed by atoms with van der Waals surface area (Å²) in [6, 6.07) is 0. The molecule has 2 N–H and O–H groups in total. The van der Waals surface area contributed by atoms with Crippen molar-refractivity contribution in [3.05, 3.63) is 0 Å². The molecule has 0 rings (SSSR count). The summed E-state index contributed by atoms with van der Waals surface area (Å²) < 4.78 is 0. The first kappa shape index (κ1) is 24.4. The van der Waals surface area contributed by atoms with Gasteiger partial charge in [0.05, 0.1) is 0 Å². The topological polar surface area (TPSA) is 70.0 Å². The molecule has 0 saturated heterocycles. The van der Waals surface area contributed by atoms with Crippen LogP contribution in [0.25, 0.3) is 0 Å². The Morgan fingerprint density at radius 2 is 1.12 bits per heavy atom. The Balaban J connectivity index is 3.39. The third kappa shape index (κ3) is 15.3. The number of aliphatic hydroxyl groups is 2. The van der Waals surface area contributed by atoms with E-state index in [1.165, 1.54) is 78.1 Å². The van der Waals surface area contributed by atoms with Crippen LogP contribution in [0, 0.1) is 0 Å². The first-order valence-electron chi connectivity index (χ1n) is 10.3. The molecule has 150 valence electrons. The molecular weight excluding hydrogens is 318 g/mol. The molecule has 0 saturated carbocycles. The summed E-state index contributed by atoms with van der Waals surface area (Å²) in [5, 5.41) is 19.7. The molecule has 0 amide bonds. The second-order valence-corrected chi connectivity index (χ2v) is 7.08. The lowest BCUT2D eigenvalue weighted by Gasteiger charge is -2.25. The standard InChI is InChI=1S/C20H41NO4/c1-4-5-6-7-8-9-10-11-12-13-14-15-16-17-20(24)25-21(18(2)22)19(3)23/h18-19,22-23H,4-17H2,1-3H3. The summed E-state index contributed by atoms with van der Waals surface area (Å²) in [5.74, 6) is -0.398. The molecule has 0 heterocycles. The van der Waals surface area contributed by atoms with Crippen molar-refractivity contribution in [2.24, 2.45) is 0 Å². The number of hydroxylamine groups is 2. The van der Waals surface area contributed by atoms with Gasteiger partial charge in [-0.15, -0.1) is 0 Å². The van der Waals surface area contributed by atoms with E-state index in [-0.39, 0.29) is 0 Å². The van der Waals surface area contributed by atoms with Crippen LogP contribution < -0.4 is 0 Å². The highest BCUT2D eigenvalue weighted by Crippen LogP contribution is 2.13.